The molecule has 4 nitrogen and oxygen atoms in total. The number of hydrogen-bond acceptors (Lipinski definition) is 5. The lowest BCUT2D eigenvalue weighted by molar-refractivity contribution is 0.525. The standard InChI is InChI=1S/C11H9N3OS/c12-6-7-3-4-9(15-7)11-14-8-2-1-5-13-10(8)16-11/h1-5H,6,12H2. The zero-order chi connectivity index (χ0) is 11.0. The zero-order valence-corrected chi connectivity index (χ0v) is 9.20. The second-order valence-corrected chi connectivity index (χ2v) is 4.29. The second-order valence-electron chi connectivity index (χ2n) is 3.32. The van der Waals surface area contributed by atoms with Gasteiger partial charge in [0.1, 0.15) is 16.1 Å². The molecule has 16 heavy (non-hydrogen) atoms. The first-order valence-electron chi connectivity index (χ1n) is 4.87. The minimum atomic E-state index is 0.406. The molecule has 3 aromatic heterocycles. The first kappa shape index (κ1) is 9.50. The Kier molecular flexibility index (Phi) is 2.19. The SMILES string of the molecule is NCc1ccc(-c2nc3cccnc3s2)o1. The summed E-state index contributed by atoms with van der Waals surface area (Å²) in [6.07, 6.45) is 1.76. The topological polar surface area (TPSA) is 64.9 Å². The molecule has 0 saturated heterocycles. The van der Waals surface area contributed by atoms with Crippen LogP contribution in [0.4, 0.5) is 0 Å². The number of fused-ring (bicyclic) bond motifs is 1. The van der Waals surface area contributed by atoms with E-state index in [4.69, 9.17) is 10.2 Å². The minimum absolute atomic E-state index is 0.406. The molecule has 0 radical (unpaired) electrons. The van der Waals surface area contributed by atoms with Crippen LogP contribution in [0.2, 0.25) is 0 Å². The summed E-state index contributed by atoms with van der Waals surface area (Å²) in [5.41, 5.74) is 6.39. The second kappa shape index (κ2) is 3.70. The van der Waals surface area contributed by atoms with Crippen molar-refractivity contribution in [3.63, 3.8) is 0 Å². The summed E-state index contributed by atoms with van der Waals surface area (Å²) in [5.74, 6) is 1.52. The van der Waals surface area contributed by atoms with Crippen molar-refractivity contribution in [2.45, 2.75) is 6.54 Å². The summed E-state index contributed by atoms with van der Waals surface area (Å²) in [4.78, 5) is 9.62. The number of nitrogens with two attached hydrogens (primary N) is 1. The zero-order valence-electron chi connectivity index (χ0n) is 8.38. The van der Waals surface area contributed by atoms with Crippen LogP contribution in [0.1, 0.15) is 5.76 Å². The molecule has 5 heteroatoms. The molecule has 0 fully saturated rings. The predicted octanol–water partition coefficient (Wildman–Crippen LogP) is 2.41. The van der Waals surface area contributed by atoms with Gasteiger partial charge in [-0.3, -0.25) is 0 Å². The van der Waals surface area contributed by atoms with Crippen molar-refractivity contribution in [3.8, 4) is 10.8 Å². The maximum Gasteiger partial charge on any atom is 0.163 e. The van der Waals surface area contributed by atoms with Crippen LogP contribution in [0.3, 0.4) is 0 Å². The van der Waals surface area contributed by atoms with Gasteiger partial charge in [-0.15, -0.1) is 0 Å². The van der Waals surface area contributed by atoms with Crippen molar-refractivity contribution in [2.24, 2.45) is 5.73 Å². The fourth-order valence-electron chi connectivity index (χ4n) is 1.48. The molecule has 0 atom stereocenters. The van der Waals surface area contributed by atoms with Crippen LogP contribution in [-0.4, -0.2) is 9.97 Å². The molecule has 0 aliphatic carbocycles. The fraction of sp³-hybridized carbons (Fsp3) is 0.0909. The molecule has 0 unspecified atom stereocenters. The Morgan fingerprint density at radius 1 is 1.31 bits per heavy atom. The van der Waals surface area contributed by atoms with Crippen LogP contribution in [0.15, 0.2) is 34.9 Å². The third kappa shape index (κ3) is 1.50. The van der Waals surface area contributed by atoms with Crippen molar-refractivity contribution >= 4 is 21.7 Å². The van der Waals surface area contributed by atoms with Crippen LogP contribution in [0.5, 0.6) is 0 Å². The van der Waals surface area contributed by atoms with Gasteiger partial charge >= 0.3 is 0 Å². The lowest BCUT2D eigenvalue weighted by Crippen LogP contribution is -1.92. The van der Waals surface area contributed by atoms with E-state index in [-0.39, 0.29) is 0 Å². The highest BCUT2D eigenvalue weighted by Crippen LogP contribution is 2.29. The molecule has 0 saturated carbocycles. The van der Waals surface area contributed by atoms with Crippen LogP contribution < -0.4 is 5.73 Å². The van der Waals surface area contributed by atoms with Gasteiger partial charge in [0.15, 0.2) is 10.8 Å². The van der Waals surface area contributed by atoms with Gasteiger partial charge in [-0.05, 0) is 24.3 Å². The Labute approximate surface area is 95.7 Å². The van der Waals surface area contributed by atoms with Gasteiger partial charge in [0, 0.05) is 6.20 Å². The average Bonchev–Trinajstić information content (AvgIpc) is 2.95. The Bertz CT molecular complexity index is 596. The van der Waals surface area contributed by atoms with Gasteiger partial charge in [-0.25, -0.2) is 9.97 Å². The normalized spacial score (nSPS) is 11.1. The Morgan fingerprint density at radius 2 is 2.25 bits per heavy atom. The molecule has 0 aliphatic rings. The third-order valence-electron chi connectivity index (χ3n) is 2.24. The number of pyridine rings is 1. The number of aromatic nitrogens is 2. The van der Waals surface area contributed by atoms with Crippen molar-refractivity contribution in [1.29, 1.82) is 0 Å². The van der Waals surface area contributed by atoms with Gasteiger partial charge in [0.25, 0.3) is 0 Å². The van der Waals surface area contributed by atoms with Gasteiger partial charge in [-0.2, -0.15) is 0 Å². The Morgan fingerprint density at radius 3 is 3.00 bits per heavy atom. The predicted molar refractivity (Wildman–Crippen MR) is 63.0 cm³/mol. The third-order valence-corrected chi connectivity index (χ3v) is 3.23. The van der Waals surface area contributed by atoms with Gasteiger partial charge in [0.05, 0.1) is 6.54 Å². The van der Waals surface area contributed by atoms with Gasteiger partial charge < -0.3 is 10.2 Å². The maximum atomic E-state index is 5.54. The quantitative estimate of drug-likeness (QED) is 0.735. The number of thiazole rings is 1. The van der Waals surface area contributed by atoms with Crippen molar-refractivity contribution in [1.82, 2.24) is 9.97 Å². The molecule has 0 aromatic carbocycles. The van der Waals surface area contributed by atoms with Crippen LogP contribution in [-0.2, 0) is 6.54 Å². The lowest BCUT2D eigenvalue weighted by Gasteiger charge is -1.88. The smallest absolute Gasteiger partial charge is 0.163 e. The fourth-order valence-corrected chi connectivity index (χ4v) is 2.35. The highest BCUT2D eigenvalue weighted by atomic mass is 32.1. The van der Waals surface area contributed by atoms with Crippen molar-refractivity contribution < 1.29 is 4.42 Å². The highest BCUT2D eigenvalue weighted by Gasteiger charge is 2.10. The van der Waals surface area contributed by atoms with Crippen LogP contribution in [0.25, 0.3) is 21.1 Å². The largest absolute Gasteiger partial charge is 0.457 e. The van der Waals surface area contributed by atoms with E-state index in [2.05, 4.69) is 9.97 Å². The van der Waals surface area contributed by atoms with Gasteiger partial charge in [0.2, 0.25) is 0 Å². The molecule has 0 bridgehead atoms. The van der Waals surface area contributed by atoms with Crippen molar-refractivity contribution in [3.05, 3.63) is 36.2 Å². The van der Waals surface area contributed by atoms with E-state index in [1.807, 2.05) is 24.3 Å². The van der Waals surface area contributed by atoms with E-state index < -0.39 is 0 Å². The minimum Gasteiger partial charge on any atom is -0.457 e. The maximum absolute atomic E-state index is 5.54. The summed E-state index contributed by atoms with van der Waals surface area (Å²) < 4.78 is 5.54. The summed E-state index contributed by atoms with van der Waals surface area (Å²) in [5, 5.41) is 0.841. The summed E-state index contributed by atoms with van der Waals surface area (Å²) in [6, 6.07) is 7.57. The number of furan rings is 1. The molecule has 2 N–H and O–H groups in total. The van der Waals surface area contributed by atoms with E-state index >= 15 is 0 Å². The Balaban J connectivity index is 2.11. The van der Waals surface area contributed by atoms with E-state index in [1.165, 1.54) is 11.3 Å². The Hall–Kier alpha value is -1.72. The lowest BCUT2D eigenvalue weighted by atomic mass is 10.4. The summed E-state index contributed by atoms with van der Waals surface area (Å²) in [6.45, 7) is 0.406. The van der Waals surface area contributed by atoms with Crippen molar-refractivity contribution in [2.75, 3.05) is 0 Å². The summed E-state index contributed by atoms with van der Waals surface area (Å²) >= 11 is 1.52. The molecule has 0 spiro atoms. The number of hydrogen-bond donors (Lipinski definition) is 1. The highest BCUT2D eigenvalue weighted by molar-refractivity contribution is 7.21. The molecule has 80 valence electrons. The first-order valence-corrected chi connectivity index (χ1v) is 5.69. The van der Waals surface area contributed by atoms with Gasteiger partial charge in [-0.1, -0.05) is 11.3 Å². The average molecular weight is 231 g/mol. The van der Waals surface area contributed by atoms with Crippen LogP contribution >= 0.6 is 11.3 Å². The molecule has 3 heterocycles. The number of rotatable bonds is 2. The summed E-state index contributed by atoms with van der Waals surface area (Å²) in [7, 11) is 0. The molecule has 0 aliphatic heterocycles. The first-order chi connectivity index (χ1) is 7.86. The molecule has 0 amide bonds. The van der Waals surface area contributed by atoms with Crippen LogP contribution in [0, 0.1) is 0 Å². The molecule has 3 rings (SSSR count). The van der Waals surface area contributed by atoms with E-state index in [0.717, 1.165) is 26.9 Å². The monoisotopic (exact) mass is 231 g/mol. The van der Waals surface area contributed by atoms with E-state index in [9.17, 15) is 0 Å². The molecule has 3 aromatic rings. The molecular formula is C11H9N3OS. The van der Waals surface area contributed by atoms with E-state index in [0.29, 0.717) is 6.54 Å². The molecular weight excluding hydrogens is 222 g/mol. The van der Waals surface area contributed by atoms with E-state index in [1.54, 1.807) is 6.20 Å². The number of nitrogens with zero attached hydrogens (tertiary/aromatic N) is 2.